The average Bonchev–Trinajstić information content (AvgIpc) is 3.02. The second-order valence-corrected chi connectivity index (χ2v) is 8.68. The number of hydrogen-bond donors (Lipinski definition) is 2. The normalized spacial score (nSPS) is 25.9. The molecule has 2 aliphatic carbocycles. The Morgan fingerprint density at radius 3 is 2.83 bits per heavy atom. The predicted molar refractivity (Wildman–Crippen MR) is 111 cm³/mol. The van der Waals surface area contributed by atoms with Crippen LogP contribution in [0, 0.1) is 12.8 Å². The largest absolute Gasteiger partial charge is 0.347 e. The molecule has 4 rings (SSSR count). The van der Waals surface area contributed by atoms with Gasteiger partial charge in [-0.1, -0.05) is 17.7 Å². The van der Waals surface area contributed by atoms with Crippen LogP contribution in [0.5, 0.6) is 0 Å². The lowest BCUT2D eigenvalue weighted by molar-refractivity contribution is 0.0886. The fourth-order valence-electron chi connectivity index (χ4n) is 4.73. The van der Waals surface area contributed by atoms with Crippen molar-refractivity contribution in [3.05, 3.63) is 58.6 Å². The van der Waals surface area contributed by atoms with Crippen molar-refractivity contribution in [2.75, 3.05) is 0 Å². The molecule has 3 atom stereocenters. The summed E-state index contributed by atoms with van der Waals surface area (Å²) >= 11 is 6.03. The van der Waals surface area contributed by atoms with E-state index >= 15 is 0 Å². The Morgan fingerprint density at radius 1 is 1.17 bits per heavy atom. The monoisotopic (exact) mass is 412 g/mol. The Kier molecular flexibility index (Phi) is 5.54. The Hall–Kier alpha value is -2.47. The molecule has 2 saturated carbocycles. The maximum absolute atomic E-state index is 12.8. The number of amides is 2. The molecule has 2 aromatic rings. The van der Waals surface area contributed by atoms with Crippen LogP contribution in [0.3, 0.4) is 0 Å². The van der Waals surface area contributed by atoms with Crippen LogP contribution in [0.25, 0.3) is 0 Å². The minimum Gasteiger partial charge on any atom is -0.347 e. The molecule has 0 radical (unpaired) electrons. The van der Waals surface area contributed by atoms with Crippen LogP contribution in [0.1, 0.15) is 65.2 Å². The number of aromatic nitrogens is 2. The zero-order valence-electron chi connectivity index (χ0n) is 16.5. The van der Waals surface area contributed by atoms with Gasteiger partial charge in [0, 0.05) is 34.1 Å². The van der Waals surface area contributed by atoms with Gasteiger partial charge in [-0.3, -0.25) is 9.59 Å². The summed E-state index contributed by atoms with van der Waals surface area (Å²) in [4.78, 5) is 33.7. The van der Waals surface area contributed by atoms with Crippen molar-refractivity contribution in [2.45, 2.75) is 57.0 Å². The molecule has 1 aromatic carbocycles. The molecule has 152 valence electrons. The third kappa shape index (κ3) is 4.42. The lowest BCUT2D eigenvalue weighted by Gasteiger charge is -2.30. The van der Waals surface area contributed by atoms with Gasteiger partial charge >= 0.3 is 0 Å². The summed E-state index contributed by atoms with van der Waals surface area (Å²) in [6.45, 7) is 1.85. The van der Waals surface area contributed by atoms with Gasteiger partial charge in [-0.15, -0.1) is 0 Å². The van der Waals surface area contributed by atoms with E-state index in [1.807, 2.05) is 6.92 Å². The Bertz CT molecular complexity index is 935. The van der Waals surface area contributed by atoms with Crippen LogP contribution in [0.4, 0.5) is 0 Å². The molecule has 2 aliphatic rings. The number of nitrogens with one attached hydrogen (secondary N) is 2. The van der Waals surface area contributed by atoms with E-state index in [1.165, 1.54) is 0 Å². The van der Waals surface area contributed by atoms with Gasteiger partial charge in [0.05, 0.1) is 0 Å². The Morgan fingerprint density at radius 2 is 2.03 bits per heavy atom. The number of hydrogen-bond acceptors (Lipinski definition) is 4. The van der Waals surface area contributed by atoms with Gasteiger partial charge < -0.3 is 10.6 Å². The molecule has 7 heteroatoms. The molecule has 0 spiro atoms. The first-order valence-electron chi connectivity index (χ1n) is 10.1. The van der Waals surface area contributed by atoms with Gasteiger partial charge in [0.25, 0.3) is 11.8 Å². The van der Waals surface area contributed by atoms with Gasteiger partial charge in [0.1, 0.15) is 0 Å². The van der Waals surface area contributed by atoms with Crippen molar-refractivity contribution in [3.63, 3.8) is 0 Å². The van der Waals surface area contributed by atoms with Crippen LogP contribution in [0.15, 0.2) is 36.5 Å². The zero-order chi connectivity index (χ0) is 20.4. The minimum absolute atomic E-state index is 0.0798. The summed E-state index contributed by atoms with van der Waals surface area (Å²) < 4.78 is 0. The fourth-order valence-corrected chi connectivity index (χ4v) is 4.92. The van der Waals surface area contributed by atoms with Crippen molar-refractivity contribution < 1.29 is 9.59 Å². The number of carbonyl (C=O) groups is 2. The first-order valence-corrected chi connectivity index (χ1v) is 10.5. The topological polar surface area (TPSA) is 84.0 Å². The van der Waals surface area contributed by atoms with E-state index in [-0.39, 0.29) is 29.2 Å². The Labute approximate surface area is 175 Å². The number of aryl methyl sites for hydroxylation is 1. The first kappa shape index (κ1) is 19.8. The van der Waals surface area contributed by atoms with Crippen molar-refractivity contribution in [1.29, 1.82) is 0 Å². The smallest absolute Gasteiger partial charge is 0.289 e. The molecule has 1 aromatic heterocycles. The highest BCUT2D eigenvalue weighted by atomic mass is 35.5. The second kappa shape index (κ2) is 8.11. The highest BCUT2D eigenvalue weighted by molar-refractivity contribution is 6.30. The molecule has 0 aliphatic heterocycles. The van der Waals surface area contributed by atoms with E-state index in [0.717, 1.165) is 44.2 Å². The van der Waals surface area contributed by atoms with Crippen LogP contribution in [-0.2, 0) is 0 Å². The third-order valence-corrected chi connectivity index (χ3v) is 6.40. The first-order chi connectivity index (χ1) is 13.9. The number of nitrogens with zero attached hydrogens (tertiary/aromatic N) is 2. The summed E-state index contributed by atoms with van der Waals surface area (Å²) in [5, 5.41) is 6.99. The van der Waals surface area contributed by atoms with Crippen molar-refractivity contribution in [1.82, 2.24) is 20.6 Å². The summed E-state index contributed by atoms with van der Waals surface area (Å²) in [5.41, 5.74) is 1.15. The van der Waals surface area contributed by atoms with Gasteiger partial charge in [-0.25, -0.2) is 9.97 Å². The van der Waals surface area contributed by atoms with Crippen LogP contribution in [0.2, 0.25) is 5.02 Å². The van der Waals surface area contributed by atoms with Crippen LogP contribution >= 0.6 is 11.6 Å². The Balaban J connectivity index is 1.43. The van der Waals surface area contributed by atoms with Gasteiger partial charge in [-0.2, -0.15) is 0 Å². The number of halogens is 1. The van der Waals surface area contributed by atoms with Gasteiger partial charge in [0.15, 0.2) is 0 Å². The summed E-state index contributed by atoms with van der Waals surface area (Å²) in [5.74, 6) is 0.253. The maximum atomic E-state index is 12.8. The molecule has 0 saturated heterocycles. The molecule has 29 heavy (non-hydrogen) atoms. The molecule has 1 heterocycles. The summed E-state index contributed by atoms with van der Waals surface area (Å²) in [6.07, 6.45) is 7.16. The highest BCUT2D eigenvalue weighted by Gasteiger charge is 2.45. The SMILES string of the molecule is Cc1ccnc(C(=O)NC2CCCC3(NC(=O)c4cccc(Cl)c4)CCC2C3)n1. The van der Waals surface area contributed by atoms with Gasteiger partial charge in [-0.05, 0) is 75.6 Å². The lowest BCUT2D eigenvalue weighted by Crippen LogP contribution is -2.46. The summed E-state index contributed by atoms with van der Waals surface area (Å²) in [6, 6.07) is 8.89. The standard InChI is InChI=1S/C22H25ClN4O2/c1-14-8-11-24-19(25-14)21(29)26-18-6-3-9-22(10-7-16(18)13-22)27-20(28)15-4-2-5-17(23)12-15/h2,4-5,8,11-12,16,18H,3,6-7,9-10,13H2,1H3,(H,26,29)(H,27,28). The number of fused-ring (bicyclic) bond motifs is 2. The zero-order valence-corrected chi connectivity index (χ0v) is 17.2. The quantitative estimate of drug-likeness (QED) is 0.802. The molecule has 2 N–H and O–H groups in total. The molecule has 3 unspecified atom stereocenters. The molecular formula is C22H25ClN4O2. The van der Waals surface area contributed by atoms with E-state index < -0.39 is 0 Å². The molecule has 2 bridgehead atoms. The van der Waals surface area contributed by atoms with E-state index in [9.17, 15) is 9.59 Å². The van der Waals surface area contributed by atoms with Crippen LogP contribution in [-0.4, -0.2) is 33.4 Å². The number of rotatable bonds is 4. The number of benzene rings is 1. The molecule has 6 nitrogen and oxygen atoms in total. The van der Waals surface area contributed by atoms with Crippen molar-refractivity contribution in [3.8, 4) is 0 Å². The third-order valence-electron chi connectivity index (χ3n) is 6.17. The van der Waals surface area contributed by atoms with E-state index in [2.05, 4.69) is 20.6 Å². The summed E-state index contributed by atoms with van der Waals surface area (Å²) in [7, 11) is 0. The molecular weight excluding hydrogens is 388 g/mol. The fraction of sp³-hybridized carbons (Fsp3) is 0.455. The minimum atomic E-state index is -0.221. The van der Waals surface area contributed by atoms with E-state index in [1.54, 1.807) is 36.5 Å². The highest BCUT2D eigenvalue weighted by Crippen LogP contribution is 2.44. The van der Waals surface area contributed by atoms with E-state index in [4.69, 9.17) is 11.6 Å². The predicted octanol–water partition coefficient (Wildman–Crippen LogP) is 3.69. The second-order valence-electron chi connectivity index (χ2n) is 8.24. The number of carbonyl (C=O) groups excluding carboxylic acids is 2. The lowest BCUT2D eigenvalue weighted by atomic mass is 9.91. The molecule has 2 fully saturated rings. The average molecular weight is 413 g/mol. The van der Waals surface area contributed by atoms with Crippen LogP contribution < -0.4 is 10.6 Å². The molecule has 2 amide bonds. The van der Waals surface area contributed by atoms with E-state index in [0.29, 0.717) is 16.5 Å². The van der Waals surface area contributed by atoms with Crippen molar-refractivity contribution in [2.24, 2.45) is 5.92 Å². The maximum Gasteiger partial charge on any atom is 0.289 e. The van der Waals surface area contributed by atoms with Gasteiger partial charge in [0.2, 0.25) is 5.82 Å². The van der Waals surface area contributed by atoms with Crippen molar-refractivity contribution >= 4 is 23.4 Å².